The fraction of sp³-hybridized carbons (Fsp3) is 0.227. The molecule has 0 atom stereocenters. The molecule has 0 unspecified atom stereocenters. The Morgan fingerprint density at radius 1 is 1.12 bits per heavy atom. The van der Waals surface area contributed by atoms with Gasteiger partial charge in [-0.2, -0.15) is 4.31 Å². The molecule has 0 spiro atoms. The number of amides is 2. The number of ketones is 1. The lowest BCUT2D eigenvalue weighted by Crippen LogP contribution is -2.40. The van der Waals surface area contributed by atoms with Gasteiger partial charge in [-0.25, -0.2) is 8.42 Å². The van der Waals surface area contributed by atoms with Gasteiger partial charge in [0.1, 0.15) is 0 Å². The van der Waals surface area contributed by atoms with Crippen LogP contribution < -0.4 is 10.6 Å². The van der Waals surface area contributed by atoms with Crippen LogP contribution in [0.5, 0.6) is 0 Å². The van der Waals surface area contributed by atoms with Crippen LogP contribution in [0.3, 0.4) is 0 Å². The lowest BCUT2D eigenvalue weighted by Gasteiger charge is -2.26. The molecule has 9 nitrogen and oxygen atoms in total. The number of benzene rings is 2. The molecule has 0 saturated carbocycles. The van der Waals surface area contributed by atoms with Crippen molar-refractivity contribution in [2.75, 3.05) is 36.9 Å². The van der Waals surface area contributed by atoms with E-state index in [2.05, 4.69) is 10.6 Å². The molecular weight excluding hydrogens is 434 g/mol. The zero-order chi connectivity index (χ0) is 22.9. The van der Waals surface area contributed by atoms with E-state index in [0.29, 0.717) is 30.2 Å². The Labute approximate surface area is 185 Å². The first-order valence-electron chi connectivity index (χ1n) is 9.93. The fourth-order valence-electron chi connectivity index (χ4n) is 3.57. The molecule has 2 aromatic carbocycles. The molecule has 2 aliphatic rings. The Morgan fingerprint density at radius 2 is 1.88 bits per heavy atom. The number of carbonyl (C=O) groups is 3. The molecule has 1 fully saturated rings. The van der Waals surface area contributed by atoms with Crippen molar-refractivity contribution in [2.24, 2.45) is 0 Å². The van der Waals surface area contributed by atoms with Crippen LogP contribution in [0.1, 0.15) is 22.8 Å². The Bertz CT molecular complexity index is 1250. The predicted octanol–water partition coefficient (Wildman–Crippen LogP) is 1.88. The SMILES string of the molecule is CC(=O)Nc1cccc(C(=O)C=C2C(=O)Nc3ccc(S(=O)(=O)N4CCOCC4)cc32)c1. The summed E-state index contributed by atoms with van der Waals surface area (Å²) in [6.45, 7) is 2.51. The van der Waals surface area contributed by atoms with Gasteiger partial charge in [-0.05, 0) is 36.4 Å². The molecule has 2 aromatic rings. The molecule has 2 N–H and O–H groups in total. The minimum atomic E-state index is -3.76. The number of sulfonamides is 1. The van der Waals surface area contributed by atoms with Crippen molar-refractivity contribution in [1.29, 1.82) is 0 Å². The molecule has 4 rings (SSSR count). The molecule has 0 aromatic heterocycles. The molecule has 0 bridgehead atoms. The summed E-state index contributed by atoms with van der Waals surface area (Å²) in [6, 6.07) is 10.7. The maximum Gasteiger partial charge on any atom is 0.256 e. The Balaban J connectivity index is 1.67. The van der Waals surface area contributed by atoms with Gasteiger partial charge in [0.15, 0.2) is 5.78 Å². The number of hydrogen-bond donors (Lipinski definition) is 2. The molecule has 2 amide bonds. The number of hydrogen-bond acceptors (Lipinski definition) is 6. The van der Waals surface area contributed by atoms with E-state index in [1.807, 2.05) is 0 Å². The van der Waals surface area contributed by atoms with Gasteiger partial charge < -0.3 is 15.4 Å². The normalized spacial score (nSPS) is 17.7. The lowest BCUT2D eigenvalue weighted by atomic mass is 10.0. The van der Waals surface area contributed by atoms with Crippen LogP contribution in [-0.2, 0) is 24.3 Å². The van der Waals surface area contributed by atoms with Crippen LogP contribution in [0.4, 0.5) is 11.4 Å². The monoisotopic (exact) mass is 455 g/mol. The summed E-state index contributed by atoms with van der Waals surface area (Å²) in [7, 11) is -3.76. The number of anilines is 2. The molecule has 166 valence electrons. The average Bonchev–Trinajstić information content (AvgIpc) is 3.08. The molecule has 32 heavy (non-hydrogen) atoms. The molecule has 10 heteroatoms. The summed E-state index contributed by atoms with van der Waals surface area (Å²) >= 11 is 0. The summed E-state index contributed by atoms with van der Waals surface area (Å²) in [5.41, 5.74) is 1.59. The number of allylic oxidation sites excluding steroid dienone is 1. The molecule has 0 radical (unpaired) electrons. The summed E-state index contributed by atoms with van der Waals surface area (Å²) in [5.74, 6) is -1.21. The third-order valence-corrected chi connectivity index (χ3v) is 7.02. The molecule has 2 aliphatic heterocycles. The number of nitrogens with one attached hydrogen (secondary N) is 2. The minimum absolute atomic E-state index is 0.0423. The van der Waals surface area contributed by atoms with Crippen LogP contribution in [0.25, 0.3) is 5.57 Å². The topological polar surface area (TPSA) is 122 Å². The summed E-state index contributed by atoms with van der Waals surface area (Å²) < 4.78 is 32.5. The van der Waals surface area contributed by atoms with E-state index in [4.69, 9.17) is 4.74 Å². The van der Waals surface area contributed by atoms with Gasteiger partial charge >= 0.3 is 0 Å². The lowest BCUT2D eigenvalue weighted by molar-refractivity contribution is -0.114. The second kappa shape index (κ2) is 8.65. The first-order chi connectivity index (χ1) is 15.3. The first-order valence-corrected chi connectivity index (χ1v) is 11.4. The number of rotatable bonds is 5. The van der Waals surface area contributed by atoms with E-state index < -0.39 is 21.7 Å². The maximum absolute atomic E-state index is 13.0. The third kappa shape index (κ3) is 4.33. The van der Waals surface area contributed by atoms with E-state index in [1.54, 1.807) is 18.2 Å². The molecule has 1 saturated heterocycles. The third-order valence-electron chi connectivity index (χ3n) is 5.12. The highest BCUT2D eigenvalue weighted by Gasteiger charge is 2.31. The number of fused-ring (bicyclic) bond motifs is 1. The Morgan fingerprint density at radius 3 is 2.59 bits per heavy atom. The van der Waals surface area contributed by atoms with Gasteiger partial charge in [-0.1, -0.05) is 12.1 Å². The zero-order valence-electron chi connectivity index (χ0n) is 17.3. The summed E-state index contributed by atoms with van der Waals surface area (Å²) in [6.07, 6.45) is 1.18. The fourth-order valence-corrected chi connectivity index (χ4v) is 5.01. The van der Waals surface area contributed by atoms with Gasteiger partial charge in [-0.15, -0.1) is 0 Å². The predicted molar refractivity (Wildman–Crippen MR) is 118 cm³/mol. The zero-order valence-corrected chi connectivity index (χ0v) is 18.1. The van der Waals surface area contributed by atoms with Gasteiger partial charge in [-0.3, -0.25) is 14.4 Å². The number of ether oxygens (including phenoxy) is 1. The highest BCUT2D eigenvalue weighted by atomic mass is 32.2. The van der Waals surface area contributed by atoms with Gasteiger partial charge in [0, 0.05) is 42.5 Å². The van der Waals surface area contributed by atoms with E-state index in [0.717, 1.165) is 0 Å². The standard InChI is InChI=1S/C22H21N3O6S/c1-14(26)23-16-4-2-3-15(11-16)21(27)13-19-18-12-17(5-6-20(18)24-22(19)28)32(29,30)25-7-9-31-10-8-25/h2-6,11-13H,7-10H2,1H3,(H,23,26)(H,24,28). The van der Waals surface area contributed by atoms with Crippen molar-refractivity contribution in [3.63, 3.8) is 0 Å². The molecule has 0 aliphatic carbocycles. The van der Waals surface area contributed by atoms with Gasteiger partial charge in [0.2, 0.25) is 15.9 Å². The highest BCUT2D eigenvalue weighted by molar-refractivity contribution is 7.89. The van der Waals surface area contributed by atoms with Crippen LogP contribution >= 0.6 is 0 Å². The van der Waals surface area contributed by atoms with Crippen molar-refractivity contribution in [3.8, 4) is 0 Å². The second-order valence-electron chi connectivity index (χ2n) is 7.36. The van der Waals surface area contributed by atoms with Crippen LogP contribution in [0.2, 0.25) is 0 Å². The van der Waals surface area contributed by atoms with Gasteiger partial charge in [0.05, 0.1) is 23.7 Å². The van der Waals surface area contributed by atoms with Crippen molar-refractivity contribution >= 4 is 44.6 Å². The van der Waals surface area contributed by atoms with Crippen molar-refractivity contribution in [2.45, 2.75) is 11.8 Å². The average molecular weight is 455 g/mol. The van der Waals surface area contributed by atoms with Crippen LogP contribution in [0.15, 0.2) is 53.4 Å². The van der Waals surface area contributed by atoms with Crippen molar-refractivity contribution in [1.82, 2.24) is 4.31 Å². The highest BCUT2D eigenvalue weighted by Crippen LogP contribution is 2.34. The first kappa shape index (κ1) is 21.9. The largest absolute Gasteiger partial charge is 0.379 e. The van der Waals surface area contributed by atoms with Crippen molar-refractivity contribution in [3.05, 3.63) is 59.7 Å². The maximum atomic E-state index is 13.0. The number of nitrogens with zero attached hydrogens (tertiary/aromatic N) is 1. The number of carbonyl (C=O) groups excluding carboxylic acids is 3. The van der Waals surface area contributed by atoms with E-state index in [1.165, 1.54) is 41.6 Å². The quantitative estimate of drug-likeness (QED) is 0.524. The summed E-state index contributed by atoms with van der Waals surface area (Å²) in [4.78, 5) is 36.6. The molecule has 2 heterocycles. The number of morpholine rings is 1. The molecular formula is C22H21N3O6S. The van der Waals surface area contributed by atoms with Crippen molar-refractivity contribution < 1.29 is 27.5 Å². The minimum Gasteiger partial charge on any atom is -0.379 e. The smallest absolute Gasteiger partial charge is 0.256 e. The Hall–Kier alpha value is -3.34. The van der Waals surface area contributed by atoms with Gasteiger partial charge in [0.25, 0.3) is 5.91 Å². The second-order valence-corrected chi connectivity index (χ2v) is 9.30. The van der Waals surface area contributed by atoms with E-state index in [-0.39, 0.29) is 35.0 Å². The van der Waals surface area contributed by atoms with Crippen LogP contribution in [-0.4, -0.2) is 56.6 Å². The van der Waals surface area contributed by atoms with E-state index >= 15 is 0 Å². The van der Waals surface area contributed by atoms with E-state index in [9.17, 15) is 22.8 Å². The van der Waals surface area contributed by atoms with Crippen LogP contribution in [0, 0.1) is 0 Å². The Kier molecular flexibility index (Phi) is 5.92. The summed E-state index contributed by atoms with van der Waals surface area (Å²) in [5, 5.41) is 5.26.